The maximum Gasteiger partial charge on any atom is 0.213 e. The van der Waals surface area contributed by atoms with Gasteiger partial charge in [0.2, 0.25) is 11.9 Å². The molecule has 16 heavy (non-hydrogen) atoms. The second kappa shape index (κ2) is 3.73. The van der Waals surface area contributed by atoms with Crippen molar-refractivity contribution in [1.29, 1.82) is 0 Å². The second-order valence-corrected chi connectivity index (χ2v) is 3.14. The summed E-state index contributed by atoms with van der Waals surface area (Å²) in [5.41, 5.74) is 11.6. The molecule has 0 saturated carbocycles. The van der Waals surface area contributed by atoms with E-state index in [2.05, 4.69) is 9.97 Å². The van der Waals surface area contributed by atoms with E-state index in [4.69, 9.17) is 11.5 Å². The lowest BCUT2D eigenvalue weighted by Gasteiger charge is -2.06. The fourth-order valence-electron chi connectivity index (χ4n) is 1.27. The Morgan fingerprint density at radius 2 is 1.12 bits per heavy atom. The molecule has 4 N–H and O–H groups in total. The number of nitrogen functional groups attached to an aromatic ring is 2. The predicted molar refractivity (Wildman–Crippen MR) is 56.2 cm³/mol. The molecule has 0 atom stereocenters. The van der Waals surface area contributed by atoms with E-state index in [9.17, 15) is 8.78 Å². The van der Waals surface area contributed by atoms with Crippen LogP contribution in [0.5, 0.6) is 0 Å². The molecule has 0 bridgehead atoms. The first kappa shape index (κ1) is 10.3. The summed E-state index contributed by atoms with van der Waals surface area (Å²) in [4.78, 5) is 7.09. The zero-order chi connectivity index (χ0) is 11.7. The number of nitrogens with two attached hydrogens (primary N) is 2. The first-order valence-electron chi connectivity index (χ1n) is 4.42. The molecule has 0 unspecified atom stereocenters. The van der Waals surface area contributed by atoms with Gasteiger partial charge in [-0.05, 0) is 24.3 Å². The average molecular weight is 222 g/mol. The first-order valence-corrected chi connectivity index (χ1v) is 4.42. The van der Waals surface area contributed by atoms with Crippen LogP contribution < -0.4 is 11.5 Å². The number of rotatable bonds is 1. The van der Waals surface area contributed by atoms with E-state index in [-0.39, 0.29) is 22.8 Å². The molecule has 82 valence electrons. The quantitative estimate of drug-likeness (QED) is 0.718. The average Bonchev–Trinajstić information content (AvgIpc) is 2.25. The minimum absolute atomic E-state index is 0.0389. The molecule has 2 rings (SSSR count). The van der Waals surface area contributed by atoms with E-state index in [0.717, 1.165) is 12.1 Å². The van der Waals surface area contributed by atoms with E-state index < -0.39 is 11.9 Å². The van der Waals surface area contributed by atoms with Crippen molar-refractivity contribution in [2.24, 2.45) is 0 Å². The van der Waals surface area contributed by atoms with Crippen molar-refractivity contribution >= 4 is 11.4 Å². The number of halogens is 2. The highest BCUT2D eigenvalue weighted by molar-refractivity contribution is 5.77. The van der Waals surface area contributed by atoms with Crippen molar-refractivity contribution in [2.45, 2.75) is 0 Å². The summed E-state index contributed by atoms with van der Waals surface area (Å²) >= 11 is 0. The van der Waals surface area contributed by atoms with Crippen molar-refractivity contribution in [2.75, 3.05) is 11.5 Å². The van der Waals surface area contributed by atoms with Gasteiger partial charge in [0.1, 0.15) is 11.4 Å². The van der Waals surface area contributed by atoms with Crippen molar-refractivity contribution in [3.8, 4) is 11.4 Å². The summed E-state index contributed by atoms with van der Waals surface area (Å²) in [7, 11) is 0. The fourth-order valence-corrected chi connectivity index (χ4v) is 1.27. The van der Waals surface area contributed by atoms with Crippen LogP contribution in [-0.2, 0) is 0 Å². The first-order chi connectivity index (χ1) is 7.58. The van der Waals surface area contributed by atoms with Gasteiger partial charge in [-0.2, -0.15) is 8.78 Å². The van der Waals surface area contributed by atoms with Gasteiger partial charge in [0.05, 0.1) is 11.4 Å². The number of aromatic nitrogens is 2. The second-order valence-electron chi connectivity index (χ2n) is 3.14. The van der Waals surface area contributed by atoms with Gasteiger partial charge >= 0.3 is 0 Å². The van der Waals surface area contributed by atoms with E-state index in [1.165, 1.54) is 12.1 Å². The SMILES string of the molecule is Nc1ccc(F)nc1-c1nc(F)ccc1N. The normalized spacial score (nSPS) is 10.4. The number of pyridine rings is 2. The van der Waals surface area contributed by atoms with Crippen LogP contribution in [0.2, 0.25) is 0 Å². The van der Waals surface area contributed by atoms with Crippen LogP contribution in [0.4, 0.5) is 20.2 Å². The van der Waals surface area contributed by atoms with Gasteiger partial charge in [0.15, 0.2) is 0 Å². The molecule has 0 amide bonds. The van der Waals surface area contributed by atoms with Crippen molar-refractivity contribution in [1.82, 2.24) is 9.97 Å². The van der Waals surface area contributed by atoms with Gasteiger partial charge in [-0.3, -0.25) is 0 Å². The summed E-state index contributed by atoms with van der Waals surface area (Å²) in [6.45, 7) is 0. The van der Waals surface area contributed by atoms with Gasteiger partial charge in [-0.25, -0.2) is 9.97 Å². The molecule has 0 aliphatic carbocycles. The summed E-state index contributed by atoms with van der Waals surface area (Å²) in [6, 6.07) is 4.86. The van der Waals surface area contributed by atoms with Gasteiger partial charge in [-0.15, -0.1) is 0 Å². The van der Waals surface area contributed by atoms with Gasteiger partial charge in [0.25, 0.3) is 0 Å². The molecule has 4 nitrogen and oxygen atoms in total. The molecule has 0 aromatic carbocycles. The van der Waals surface area contributed by atoms with E-state index >= 15 is 0 Å². The van der Waals surface area contributed by atoms with Crippen LogP contribution in [0.3, 0.4) is 0 Å². The molecule has 0 saturated heterocycles. The summed E-state index contributed by atoms with van der Waals surface area (Å²) in [5.74, 6) is -1.45. The Morgan fingerprint density at radius 3 is 1.50 bits per heavy atom. The Morgan fingerprint density at radius 1 is 0.750 bits per heavy atom. The molecule has 2 aromatic rings. The van der Waals surface area contributed by atoms with Crippen LogP contribution in [0.25, 0.3) is 11.4 Å². The van der Waals surface area contributed by atoms with E-state index in [1.807, 2.05) is 0 Å². The molecular formula is C10H8F2N4. The molecule has 0 spiro atoms. The molecular weight excluding hydrogens is 214 g/mol. The van der Waals surface area contributed by atoms with Gasteiger partial charge < -0.3 is 11.5 Å². The third kappa shape index (κ3) is 1.77. The number of nitrogens with zero attached hydrogens (tertiary/aromatic N) is 2. The standard InChI is InChI=1S/C10H8F2N4/c11-7-3-1-5(13)9(15-7)10-6(14)2-4-8(12)16-10/h1-4H,13-14H2. The van der Waals surface area contributed by atoms with Crippen molar-refractivity contribution in [3.05, 3.63) is 36.2 Å². The van der Waals surface area contributed by atoms with Gasteiger partial charge in [-0.1, -0.05) is 0 Å². The van der Waals surface area contributed by atoms with Gasteiger partial charge in [0, 0.05) is 0 Å². The summed E-state index contributed by atoms with van der Waals surface area (Å²) in [5, 5.41) is 0. The lowest BCUT2D eigenvalue weighted by molar-refractivity contribution is 0.579. The molecule has 2 aromatic heterocycles. The maximum absolute atomic E-state index is 12.9. The van der Waals surface area contributed by atoms with E-state index in [1.54, 1.807) is 0 Å². The highest BCUT2D eigenvalue weighted by Crippen LogP contribution is 2.26. The smallest absolute Gasteiger partial charge is 0.213 e. The molecule has 6 heteroatoms. The molecule has 0 aliphatic heterocycles. The lowest BCUT2D eigenvalue weighted by Crippen LogP contribution is -2.01. The largest absolute Gasteiger partial charge is 0.397 e. The Kier molecular flexibility index (Phi) is 2.40. The van der Waals surface area contributed by atoms with Crippen LogP contribution in [-0.4, -0.2) is 9.97 Å². The zero-order valence-corrected chi connectivity index (χ0v) is 8.11. The van der Waals surface area contributed by atoms with E-state index in [0.29, 0.717) is 0 Å². The monoisotopic (exact) mass is 222 g/mol. The fraction of sp³-hybridized carbons (Fsp3) is 0. The minimum atomic E-state index is -0.727. The van der Waals surface area contributed by atoms with Crippen molar-refractivity contribution in [3.63, 3.8) is 0 Å². The van der Waals surface area contributed by atoms with Crippen LogP contribution >= 0.6 is 0 Å². The minimum Gasteiger partial charge on any atom is -0.397 e. The molecule has 0 aliphatic rings. The third-order valence-corrected chi connectivity index (χ3v) is 2.01. The number of hydrogen-bond acceptors (Lipinski definition) is 4. The summed E-state index contributed by atoms with van der Waals surface area (Å²) in [6.07, 6.45) is 0. The zero-order valence-electron chi connectivity index (χ0n) is 8.11. The molecule has 0 radical (unpaired) electrons. The van der Waals surface area contributed by atoms with Crippen molar-refractivity contribution < 1.29 is 8.78 Å². The highest BCUT2D eigenvalue weighted by atomic mass is 19.1. The maximum atomic E-state index is 12.9. The summed E-state index contributed by atoms with van der Waals surface area (Å²) < 4.78 is 25.9. The van der Waals surface area contributed by atoms with Crippen LogP contribution in [0, 0.1) is 11.9 Å². The third-order valence-electron chi connectivity index (χ3n) is 2.01. The molecule has 2 heterocycles. The number of hydrogen-bond donors (Lipinski definition) is 2. The Hall–Kier alpha value is -2.24. The topological polar surface area (TPSA) is 77.8 Å². The Labute approximate surface area is 89.9 Å². The number of anilines is 2. The Balaban J connectivity index is 2.66. The highest BCUT2D eigenvalue weighted by Gasteiger charge is 2.12. The Bertz CT molecular complexity index is 493. The molecule has 0 fully saturated rings. The van der Waals surface area contributed by atoms with Crippen LogP contribution in [0.15, 0.2) is 24.3 Å². The lowest BCUT2D eigenvalue weighted by atomic mass is 10.2. The van der Waals surface area contributed by atoms with Crippen LogP contribution in [0.1, 0.15) is 0 Å². The predicted octanol–water partition coefficient (Wildman–Crippen LogP) is 1.59.